The van der Waals surface area contributed by atoms with Crippen molar-refractivity contribution >= 4 is 28.4 Å². The van der Waals surface area contributed by atoms with Crippen LogP contribution in [0, 0.1) is 3.57 Å². The summed E-state index contributed by atoms with van der Waals surface area (Å²) < 4.78 is 7.77. The van der Waals surface area contributed by atoms with Gasteiger partial charge in [0.15, 0.2) is 5.78 Å². The molecule has 182 valence electrons. The molecule has 0 aliphatic carbocycles. The van der Waals surface area contributed by atoms with Gasteiger partial charge >= 0.3 is 0 Å². The van der Waals surface area contributed by atoms with Gasteiger partial charge in [0.25, 0.3) is 0 Å². The van der Waals surface area contributed by atoms with Crippen molar-refractivity contribution < 1.29 is 9.53 Å². The Morgan fingerprint density at radius 2 is 1.66 bits per heavy atom. The van der Waals surface area contributed by atoms with Crippen LogP contribution in [0.1, 0.15) is 59.4 Å². The number of halogens is 1. The van der Waals surface area contributed by atoms with Gasteiger partial charge in [0.2, 0.25) is 0 Å². The molecular weight excluding hydrogens is 547 g/mol. The van der Waals surface area contributed by atoms with Gasteiger partial charge in [-0.3, -0.25) is 14.6 Å². The Hall–Kier alpha value is -2.22. The minimum Gasteiger partial charge on any atom is -0.487 e. The highest BCUT2D eigenvalue weighted by Gasteiger charge is 2.36. The molecule has 2 heterocycles. The Kier molecular flexibility index (Phi) is 7.02. The Bertz CT molecular complexity index is 1200. The number of hydrogen-bond donors (Lipinski definition) is 0. The van der Waals surface area contributed by atoms with Crippen molar-refractivity contribution in [2.75, 3.05) is 26.2 Å². The fourth-order valence-corrected chi connectivity index (χ4v) is 5.73. The normalized spacial score (nSPS) is 18.6. The monoisotopic (exact) mass is 580 g/mol. The first-order valence-electron chi connectivity index (χ1n) is 12.4. The van der Waals surface area contributed by atoms with Crippen molar-refractivity contribution in [3.8, 4) is 5.75 Å². The van der Waals surface area contributed by atoms with E-state index in [2.05, 4.69) is 101 Å². The van der Waals surface area contributed by atoms with Gasteiger partial charge < -0.3 is 4.74 Å². The zero-order valence-corrected chi connectivity index (χ0v) is 22.9. The van der Waals surface area contributed by atoms with Gasteiger partial charge in [-0.15, -0.1) is 0 Å². The van der Waals surface area contributed by atoms with Crippen molar-refractivity contribution in [2.45, 2.75) is 45.4 Å². The van der Waals surface area contributed by atoms with Crippen LogP contribution in [0.5, 0.6) is 5.75 Å². The molecule has 1 atom stereocenters. The van der Waals surface area contributed by atoms with Gasteiger partial charge in [-0.1, -0.05) is 54.6 Å². The first-order chi connectivity index (χ1) is 16.8. The maximum Gasteiger partial charge on any atom is 0.159 e. The number of Topliss-reactive ketones (excluding diaryl/α,β-unsaturated/α-hetero) is 1. The van der Waals surface area contributed by atoms with Crippen LogP contribution >= 0.6 is 22.6 Å². The van der Waals surface area contributed by atoms with Crippen molar-refractivity contribution in [3.05, 3.63) is 98.1 Å². The maximum atomic E-state index is 11.9. The lowest BCUT2D eigenvalue weighted by atomic mass is 9.92. The lowest BCUT2D eigenvalue weighted by molar-refractivity contribution is 0.0991. The summed E-state index contributed by atoms with van der Waals surface area (Å²) in [5.74, 6) is 1.14. The summed E-state index contributed by atoms with van der Waals surface area (Å²) >= 11 is 2.36. The number of nitrogens with zero attached hydrogens (tertiary/aromatic N) is 2. The molecule has 5 rings (SSSR count). The van der Waals surface area contributed by atoms with Gasteiger partial charge in [-0.25, -0.2) is 0 Å². The number of carbonyl (C=O) groups is 1. The molecule has 2 aliphatic rings. The zero-order valence-electron chi connectivity index (χ0n) is 20.8. The number of fused-ring (bicyclic) bond motifs is 1. The average molecular weight is 581 g/mol. The standard InChI is InChI=1S/C30H33IN2O2/c1-21(34)23-9-11-24(12-10-23)28(27-6-4-5-25-19-30(2,3)35-29(25)27)33-17-15-32(16-18-33)20-22-7-13-26(31)14-8-22/h4-14,28H,15-20H2,1-3H3. The van der Waals surface area contributed by atoms with Crippen molar-refractivity contribution in [2.24, 2.45) is 0 Å². The Balaban J connectivity index is 1.42. The fraction of sp³-hybridized carbons (Fsp3) is 0.367. The van der Waals surface area contributed by atoms with E-state index in [0.29, 0.717) is 0 Å². The van der Waals surface area contributed by atoms with Gasteiger partial charge in [0.05, 0.1) is 6.04 Å². The molecule has 3 aromatic carbocycles. The van der Waals surface area contributed by atoms with E-state index in [1.807, 2.05) is 12.1 Å². The second-order valence-electron chi connectivity index (χ2n) is 10.4. The van der Waals surface area contributed by atoms with E-state index in [1.54, 1.807) is 6.92 Å². The van der Waals surface area contributed by atoms with Crippen LogP contribution in [0.25, 0.3) is 0 Å². The fourth-order valence-electron chi connectivity index (χ4n) is 5.37. The van der Waals surface area contributed by atoms with Crippen molar-refractivity contribution in [3.63, 3.8) is 0 Å². The number of piperazine rings is 1. The number of hydrogen-bond acceptors (Lipinski definition) is 4. The summed E-state index contributed by atoms with van der Waals surface area (Å²) in [6.07, 6.45) is 0.927. The highest BCUT2D eigenvalue weighted by Crippen LogP contribution is 2.43. The van der Waals surface area contributed by atoms with Crippen LogP contribution in [0.15, 0.2) is 66.7 Å². The topological polar surface area (TPSA) is 32.8 Å². The Labute approximate surface area is 222 Å². The summed E-state index contributed by atoms with van der Waals surface area (Å²) in [6.45, 7) is 11.0. The number of carbonyl (C=O) groups excluding carboxylic acids is 1. The minimum atomic E-state index is -0.187. The first kappa shape index (κ1) is 24.5. The van der Waals surface area contributed by atoms with Crippen LogP contribution in [0.2, 0.25) is 0 Å². The second-order valence-corrected chi connectivity index (χ2v) is 11.6. The molecule has 0 aromatic heterocycles. The van der Waals surface area contributed by atoms with E-state index < -0.39 is 0 Å². The summed E-state index contributed by atoms with van der Waals surface area (Å²) in [4.78, 5) is 17.0. The van der Waals surface area contributed by atoms with Crippen molar-refractivity contribution in [1.29, 1.82) is 0 Å². The predicted molar refractivity (Wildman–Crippen MR) is 149 cm³/mol. The third-order valence-corrected chi connectivity index (χ3v) is 7.86. The van der Waals surface area contributed by atoms with Crippen LogP contribution in [-0.4, -0.2) is 47.4 Å². The molecule has 0 N–H and O–H groups in total. The van der Waals surface area contributed by atoms with Crippen LogP contribution in [0.4, 0.5) is 0 Å². The quantitative estimate of drug-likeness (QED) is 0.260. The van der Waals surface area contributed by atoms with E-state index in [0.717, 1.165) is 50.5 Å². The molecule has 4 nitrogen and oxygen atoms in total. The SMILES string of the molecule is CC(=O)c1ccc(C(c2cccc3c2OC(C)(C)C3)N2CCN(Cc3ccc(I)cc3)CC2)cc1. The van der Waals surface area contributed by atoms with Gasteiger partial charge in [-0.2, -0.15) is 0 Å². The van der Waals surface area contributed by atoms with Crippen LogP contribution < -0.4 is 4.74 Å². The molecular formula is C30H33IN2O2. The molecule has 0 amide bonds. The molecule has 0 bridgehead atoms. The molecule has 2 aliphatic heterocycles. The van der Waals surface area contributed by atoms with Crippen LogP contribution in [0.3, 0.4) is 0 Å². The molecule has 1 fully saturated rings. The second kappa shape index (κ2) is 10.0. The number of benzene rings is 3. The number of ether oxygens (including phenoxy) is 1. The smallest absolute Gasteiger partial charge is 0.159 e. The highest BCUT2D eigenvalue weighted by molar-refractivity contribution is 14.1. The van der Waals surface area contributed by atoms with E-state index in [4.69, 9.17) is 4.74 Å². The number of rotatable bonds is 6. The molecule has 1 unspecified atom stereocenters. The zero-order chi connectivity index (χ0) is 24.6. The van der Waals surface area contributed by atoms with Crippen LogP contribution in [-0.2, 0) is 13.0 Å². The van der Waals surface area contributed by atoms with E-state index in [9.17, 15) is 4.79 Å². The summed E-state index contributed by atoms with van der Waals surface area (Å²) in [5, 5.41) is 0. The first-order valence-corrected chi connectivity index (χ1v) is 13.5. The minimum absolute atomic E-state index is 0.0975. The summed E-state index contributed by atoms with van der Waals surface area (Å²) in [5.41, 5.74) is 5.67. The molecule has 35 heavy (non-hydrogen) atoms. The van der Waals surface area contributed by atoms with E-state index in [1.165, 1.54) is 25.8 Å². The third-order valence-electron chi connectivity index (χ3n) is 7.14. The molecule has 1 saturated heterocycles. The maximum absolute atomic E-state index is 11.9. The molecule has 0 spiro atoms. The molecule has 0 radical (unpaired) electrons. The largest absolute Gasteiger partial charge is 0.487 e. The lowest BCUT2D eigenvalue weighted by Crippen LogP contribution is -2.47. The average Bonchev–Trinajstić information content (AvgIpc) is 3.17. The molecule has 3 aromatic rings. The number of para-hydroxylation sites is 1. The molecule has 5 heteroatoms. The van der Waals surface area contributed by atoms with Gasteiger partial charge in [0, 0.05) is 53.8 Å². The van der Waals surface area contributed by atoms with Gasteiger partial charge in [0.1, 0.15) is 11.4 Å². The summed E-state index contributed by atoms with van der Waals surface area (Å²) in [6, 6.07) is 23.7. The Morgan fingerprint density at radius 1 is 0.971 bits per heavy atom. The third kappa shape index (κ3) is 5.47. The molecule has 0 saturated carbocycles. The van der Waals surface area contributed by atoms with Gasteiger partial charge in [-0.05, 0) is 72.2 Å². The van der Waals surface area contributed by atoms with E-state index >= 15 is 0 Å². The predicted octanol–water partition coefficient (Wildman–Crippen LogP) is 6.11. The van der Waals surface area contributed by atoms with E-state index in [-0.39, 0.29) is 17.4 Å². The van der Waals surface area contributed by atoms with Crippen molar-refractivity contribution in [1.82, 2.24) is 9.80 Å². The summed E-state index contributed by atoms with van der Waals surface area (Å²) in [7, 11) is 0. The number of ketones is 1. The lowest BCUT2D eigenvalue weighted by Gasteiger charge is -2.40. The highest BCUT2D eigenvalue weighted by atomic mass is 127. The Morgan fingerprint density at radius 3 is 2.31 bits per heavy atom.